The van der Waals surface area contributed by atoms with Crippen molar-refractivity contribution in [1.82, 2.24) is 4.90 Å². The lowest BCUT2D eigenvalue weighted by Gasteiger charge is -2.40. The number of rotatable bonds is 6. The summed E-state index contributed by atoms with van der Waals surface area (Å²) >= 11 is 0. The lowest BCUT2D eigenvalue weighted by Crippen LogP contribution is -2.50. The van der Waals surface area contributed by atoms with E-state index in [9.17, 15) is 4.79 Å². The van der Waals surface area contributed by atoms with Crippen LogP contribution in [0.1, 0.15) is 22.7 Å². The number of carbonyl (C=O) groups is 1. The molecule has 0 aromatic heterocycles. The first-order valence-corrected chi connectivity index (χ1v) is 11.1. The Morgan fingerprint density at radius 2 is 1.59 bits per heavy atom. The van der Waals surface area contributed by atoms with Crippen LogP contribution in [0.4, 0.5) is 11.4 Å². The van der Waals surface area contributed by atoms with Crippen LogP contribution in [0.2, 0.25) is 0 Å². The molecule has 1 heterocycles. The quantitative estimate of drug-likeness (QED) is 0.611. The van der Waals surface area contributed by atoms with E-state index in [1.807, 2.05) is 55.5 Å². The molecule has 1 aliphatic heterocycles. The van der Waals surface area contributed by atoms with Gasteiger partial charge >= 0.3 is 0 Å². The second-order valence-corrected chi connectivity index (χ2v) is 8.32. The average molecular weight is 430 g/mol. The molecule has 0 bridgehead atoms. The summed E-state index contributed by atoms with van der Waals surface area (Å²) in [6.07, 6.45) is 0. The highest BCUT2D eigenvalue weighted by molar-refractivity contribution is 5.97. The number of benzene rings is 3. The molecule has 4 rings (SSSR count). The minimum Gasteiger partial charge on any atom is -0.495 e. The second kappa shape index (κ2) is 9.88. The van der Waals surface area contributed by atoms with Crippen molar-refractivity contribution in [3.05, 3.63) is 89.5 Å². The minimum absolute atomic E-state index is 0.0376. The molecule has 0 aliphatic carbocycles. The lowest BCUT2D eigenvalue weighted by molar-refractivity contribution is -0.121. The maximum Gasteiger partial charge on any atom is 0.246 e. The molecule has 1 amide bonds. The Hall–Kier alpha value is -3.31. The summed E-state index contributed by atoms with van der Waals surface area (Å²) in [5, 5.41) is 3.13. The van der Waals surface area contributed by atoms with Crippen molar-refractivity contribution in [1.29, 1.82) is 0 Å². The molecule has 166 valence electrons. The van der Waals surface area contributed by atoms with Gasteiger partial charge in [0.1, 0.15) is 11.8 Å². The number of anilines is 2. The molecule has 1 fully saturated rings. The maximum absolute atomic E-state index is 13.6. The molecule has 3 aromatic carbocycles. The van der Waals surface area contributed by atoms with Crippen LogP contribution >= 0.6 is 0 Å². The van der Waals surface area contributed by atoms with Crippen LogP contribution < -0.4 is 15.0 Å². The van der Waals surface area contributed by atoms with Gasteiger partial charge in [-0.15, -0.1) is 0 Å². The number of carbonyl (C=O) groups excluding carboxylic acids is 1. The first kappa shape index (κ1) is 21.9. The second-order valence-electron chi connectivity index (χ2n) is 8.32. The van der Waals surface area contributed by atoms with Crippen LogP contribution in [0.5, 0.6) is 5.75 Å². The Balaban J connectivity index is 1.55. The molecule has 0 saturated carbocycles. The van der Waals surface area contributed by atoms with E-state index in [-0.39, 0.29) is 11.9 Å². The standard InChI is InChI=1S/C27H31N3O2/c1-20-13-14-25(32-3)23(19-20)28-27(31)26(22-10-5-4-6-11-22)30-17-15-29(16-18-30)24-12-8-7-9-21(24)2/h4-14,19,26H,15-18H2,1-3H3,(H,28,31). The smallest absolute Gasteiger partial charge is 0.246 e. The van der Waals surface area contributed by atoms with Crippen LogP contribution in [0.15, 0.2) is 72.8 Å². The van der Waals surface area contributed by atoms with Gasteiger partial charge in [-0.3, -0.25) is 9.69 Å². The molecule has 0 radical (unpaired) electrons. The van der Waals surface area contributed by atoms with Crippen LogP contribution in [-0.4, -0.2) is 44.1 Å². The molecule has 5 nitrogen and oxygen atoms in total. The average Bonchev–Trinajstić information content (AvgIpc) is 2.81. The predicted octanol–water partition coefficient (Wildman–Crippen LogP) is 4.81. The topological polar surface area (TPSA) is 44.8 Å². The normalized spacial score (nSPS) is 15.3. The molecule has 0 spiro atoms. The molecular weight excluding hydrogens is 398 g/mol. The molecule has 5 heteroatoms. The van der Waals surface area contributed by atoms with Gasteiger partial charge in [0.25, 0.3) is 0 Å². The number of hydrogen-bond donors (Lipinski definition) is 1. The number of amides is 1. The monoisotopic (exact) mass is 429 g/mol. The fraction of sp³-hybridized carbons (Fsp3) is 0.296. The molecular formula is C27H31N3O2. The summed E-state index contributed by atoms with van der Waals surface area (Å²) in [5.74, 6) is 0.629. The zero-order valence-electron chi connectivity index (χ0n) is 19.0. The van der Waals surface area contributed by atoms with Gasteiger partial charge in [0, 0.05) is 31.9 Å². The van der Waals surface area contributed by atoms with E-state index < -0.39 is 0 Å². The third kappa shape index (κ3) is 4.78. The number of nitrogens with one attached hydrogen (secondary N) is 1. The van der Waals surface area contributed by atoms with E-state index >= 15 is 0 Å². The van der Waals surface area contributed by atoms with Crippen molar-refractivity contribution in [2.24, 2.45) is 0 Å². The predicted molar refractivity (Wildman–Crippen MR) is 131 cm³/mol. The SMILES string of the molecule is COc1ccc(C)cc1NC(=O)C(c1ccccc1)N1CCN(c2ccccc2C)CC1. The van der Waals surface area contributed by atoms with E-state index in [2.05, 4.69) is 46.3 Å². The van der Waals surface area contributed by atoms with Crippen molar-refractivity contribution in [2.75, 3.05) is 43.5 Å². The molecule has 1 unspecified atom stereocenters. The van der Waals surface area contributed by atoms with Crippen LogP contribution in [0.25, 0.3) is 0 Å². The zero-order valence-corrected chi connectivity index (χ0v) is 19.0. The maximum atomic E-state index is 13.6. The first-order valence-electron chi connectivity index (χ1n) is 11.1. The van der Waals surface area contributed by atoms with Gasteiger partial charge in [0.05, 0.1) is 12.8 Å². The fourth-order valence-electron chi connectivity index (χ4n) is 4.42. The Kier molecular flexibility index (Phi) is 6.76. The van der Waals surface area contributed by atoms with Crippen molar-refractivity contribution in [2.45, 2.75) is 19.9 Å². The highest BCUT2D eigenvalue weighted by atomic mass is 16.5. The largest absolute Gasteiger partial charge is 0.495 e. The van der Waals surface area contributed by atoms with Crippen LogP contribution in [0, 0.1) is 13.8 Å². The summed E-state index contributed by atoms with van der Waals surface area (Å²) in [5.41, 5.74) is 5.34. The zero-order chi connectivity index (χ0) is 22.5. The van der Waals surface area contributed by atoms with Gasteiger partial charge in [-0.2, -0.15) is 0 Å². The van der Waals surface area contributed by atoms with Gasteiger partial charge < -0.3 is 15.0 Å². The minimum atomic E-state index is -0.361. The third-order valence-corrected chi connectivity index (χ3v) is 6.11. The number of methoxy groups -OCH3 is 1. The summed E-state index contributed by atoms with van der Waals surface area (Å²) in [6.45, 7) is 7.55. The fourth-order valence-corrected chi connectivity index (χ4v) is 4.42. The van der Waals surface area contributed by atoms with Crippen LogP contribution in [0.3, 0.4) is 0 Å². The Bertz CT molecular complexity index is 1060. The van der Waals surface area contributed by atoms with E-state index in [1.165, 1.54) is 11.3 Å². The van der Waals surface area contributed by atoms with Crippen molar-refractivity contribution >= 4 is 17.3 Å². The lowest BCUT2D eigenvalue weighted by atomic mass is 10.0. The summed E-state index contributed by atoms with van der Waals surface area (Å²) in [7, 11) is 1.62. The highest BCUT2D eigenvalue weighted by Gasteiger charge is 2.31. The Morgan fingerprint density at radius 1 is 0.906 bits per heavy atom. The van der Waals surface area contributed by atoms with E-state index in [0.29, 0.717) is 11.4 Å². The number of aryl methyl sites for hydroxylation is 2. The van der Waals surface area contributed by atoms with Gasteiger partial charge in [0.15, 0.2) is 0 Å². The van der Waals surface area contributed by atoms with Gasteiger partial charge in [-0.25, -0.2) is 0 Å². The molecule has 1 N–H and O–H groups in total. The first-order chi connectivity index (χ1) is 15.6. The Morgan fingerprint density at radius 3 is 2.28 bits per heavy atom. The molecule has 1 aliphatic rings. The summed E-state index contributed by atoms with van der Waals surface area (Å²) in [6, 6.07) is 24.0. The molecule has 3 aromatic rings. The Labute approximate surface area is 190 Å². The van der Waals surface area contributed by atoms with Gasteiger partial charge in [-0.1, -0.05) is 54.6 Å². The van der Waals surface area contributed by atoms with E-state index in [1.54, 1.807) is 7.11 Å². The van der Waals surface area contributed by atoms with Crippen molar-refractivity contribution in [3.8, 4) is 5.75 Å². The summed E-state index contributed by atoms with van der Waals surface area (Å²) in [4.78, 5) is 18.3. The molecule has 32 heavy (non-hydrogen) atoms. The number of piperazine rings is 1. The number of hydrogen-bond acceptors (Lipinski definition) is 4. The number of para-hydroxylation sites is 1. The number of nitrogens with zero attached hydrogens (tertiary/aromatic N) is 2. The van der Waals surface area contributed by atoms with Crippen molar-refractivity contribution < 1.29 is 9.53 Å². The molecule has 1 atom stereocenters. The van der Waals surface area contributed by atoms with Gasteiger partial charge in [-0.05, 0) is 48.7 Å². The van der Waals surface area contributed by atoms with Crippen molar-refractivity contribution in [3.63, 3.8) is 0 Å². The highest BCUT2D eigenvalue weighted by Crippen LogP contribution is 2.30. The molecule has 1 saturated heterocycles. The van der Waals surface area contributed by atoms with E-state index in [4.69, 9.17) is 4.74 Å². The summed E-state index contributed by atoms with van der Waals surface area (Å²) < 4.78 is 5.47. The van der Waals surface area contributed by atoms with Gasteiger partial charge in [0.2, 0.25) is 5.91 Å². The third-order valence-electron chi connectivity index (χ3n) is 6.11. The van der Waals surface area contributed by atoms with E-state index in [0.717, 1.165) is 37.3 Å². The number of ether oxygens (including phenoxy) is 1. The van der Waals surface area contributed by atoms with Crippen LogP contribution in [-0.2, 0) is 4.79 Å².